The van der Waals surface area contributed by atoms with Crippen LogP contribution < -0.4 is 5.56 Å². The smallest absolute Gasteiger partial charge is 0.260 e. The van der Waals surface area contributed by atoms with Crippen molar-refractivity contribution >= 4 is 33.2 Å². The second-order valence-corrected chi connectivity index (χ2v) is 8.35. The van der Waals surface area contributed by atoms with Crippen LogP contribution in [0.1, 0.15) is 37.9 Å². The van der Waals surface area contributed by atoms with Gasteiger partial charge in [-0.2, -0.15) is 0 Å². The van der Waals surface area contributed by atoms with Crippen LogP contribution in [0.4, 0.5) is 0 Å². The van der Waals surface area contributed by atoms with Crippen molar-refractivity contribution in [2.45, 2.75) is 44.7 Å². The van der Waals surface area contributed by atoms with E-state index in [-0.39, 0.29) is 5.56 Å². The zero-order valence-electron chi connectivity index (χ0n) is 14.8. The van der Waals surface area contributed by atoms with Gasteiger partial charge in [-0.25, -0.2) is 4.98 Å². The van der Waals surface area contributed by atoms with E-state index in [0.717, 1.165) is 21.8 Å². The molecule has 0 radical (unpaired) electrons. The number of rotatable bonds is 4. The first-order chi connectivity index (χ1) is 12.6. The molecule has 0 atom stereocenters. The number of thiophene rings is 1. The summed E-state index contributed by atoms with van der Waals surface area (Å²) >= 11 is 7.62. The van der Waals surface area contributed by atoms with Crippen LogP contribution in [0, 0.1) is 0 Å². The van der Waals surface area contributed by atoms with E-state index in [1.807, 2.05) is 29.6 Å². The fraction of sp³-hybridized carbons (Fsp3) is 0.400. The van der Waals surface area contributed by atoms with E-state index in [0.29, 0.717) is 23.0 Å². The predicted octanol–water partition coefficient (Wildman–Crippen LogP) is 5.07. The summed E-state index contributed by atoms with van der Waals surface area (Å²) in [6, 6.07) is 8.18. The third-order valence-corrected chi connectivity index (χ3v) is 6.33. The van der Waals surface area contributed by atoms with E-state index in [1.165, 1.54) is 43.4 Å². The van der Waals surface area contributed by atoms with E-state index >= 15 is 0 Å². The van der Waals surface area contributed by atoms with Crippen LogP contribution in [-0.4, -0.2) is 28.0 Å². The molecule has 1 saturated carbocycles. The number of hydrogen-bond acceptors (Lipinski definition) is 4. The van der Waals surface area contributed by atoms with Gasteiger partial charge in [-0.15, -0.1) is 11.3 Å². The maximum Gasteiger partial charge on any atom is 0.260 e. The maximum absolute atomic E-state index is 12.8. The molecule has 2 aromatic heterocycles. The second kappa shape index (κ2) is 7.51. The van der Waals surface area contributed by atoms with Gasteiger partial charge in [0.2, 0.25) is 0 Å². The third-order valence-electron chi connectivity index (χ3n) is 5.23. The van der Waals surface area contributed by atoms with Gasteiger partial charge in [0.15, 0.2) is 0 Å². The van der Waals surface area contributed by atoms with Gasteiger partial charge < -0.3 is 4.98 Å². The van der Waals surface area contributed by atoms with Crippen molar-refractivity contribution in [2.75, 3.05) is 7.05 Å². The van der Waals surface area contributed by atoms with Gasteiger partial charge in [0.1, 0.15) is 10.7 Å². The van der Waals surface area contributed by atoms with Crippen LogP contribution in [0.25, 0.3) is 21.3 Å². The monoisotopic (exact) mass is 387 g/mol. The summed E-state index contributed by atoms with van der Waals surface area (Å²) in [7, 11) is 2.13. The van der Waals surface area contributed by atoms with E-state index < -0.39 is 0 Å². The Morgan fingerprint density at radius 3 is 2.88 bits per heavy atom. The molecule has 0 saturated heterocycles. The SMILES string of the molecule is CN(Cc1nc2scc(-c3cccc(Cl)c3)c2c(=O)[nH]1)C1CCCCC1. The lowest BCUT2D eigenvalue weighted by molar-refractivity contribution is 0.181. The summed E-state index contributed by atoms with van der Waals surface area (Å²) in [5.41, 5.74) is 1.77. The van der Waals surface area contributed by atoms with Gasteiger partial charge >= 0.3 is 0 Å². The molecule has 1 aliphatic rings. The lowest BCUT2D eigenvalue weighted by Crippen LogP contribution is -2.34. The standard InChI is InChI=1S/C20H22ClN3OS/c1-24(15-8-3-2-4-9-15)11-17-22-19(25)18-16(12-26-20(18)23-17)13-6-5-7-14(21)10-13/h5-7,10,12,15H,2-4,8-9,11H2,1H3,(H,22,23,25). The molecule has 0 spiro atoms. The quantitative estimate of drug-likeness (QED) is 0.679. The van der Waals surface area contributed by atoms with Crippen molar-refractivity contribution in [3.8, 4) is 11.1 Å². The van der Waals surface area contributed by atoms with Gasteiger partial charge in [-0.05, 0) is 37.6 Å². The number of nitrogens with one attached hydrogen (secondary N) is 1. The Labute approximate surface area is 161 Å². The Bertz CT molecular complexity index is 975. The largest absolute Gasteiger partial charge is 0.309 e. The molecule has 26 heavy (non-hydrogen) atoms. The number of nitrogens with zero attached hydrogens (tertiary/aromatic N) is 2. The number of H-pyrrole nitrogens is 1. The van der Waals surface area contributed by atoms with Gasteiger partial charge in [-0.3, -0.25) is 9.69 Å². The van der Waals surface area contributed by atoms with Crippen LogP contribution in [0.3, 0.4) is 0 Å². The van der Waals surface area contributed by atoms with Gasteiger partial charge in [0.25, 0.3) is 5.56 Å². The normalized spacial score (nSPS) is 15.8. The van der Waals surface area contributed by atoms with E-state index in [4.69, 9.17) is 16.6 Å². The minimum atomic E-state index is -0.0710. The Morgan fingerprint density at radius 2 is 2.12 bits per heavy atom. The molecule has 4 rings (SSSR count). The number of aromatic amines is 1. The summed E-state index contributed by atoms with van der Waals surface area (Å²) in [6.45, 7) is 0.681. The molecule has 1 aromatic carbocycles. The highest BCUT2D eigenvalue weighted by Gasteiger charge is 2.20. The number of halogens is 1. The minimum absolute atomic E-state index is 0.0710. The van der Waals surface area contributed by atoms with Crippen molar-refractivity contribution in [3.63, 3.8) is 0 Å². The lowest BCUT2D eigenvalue weighted by Gasteiger charge is -2.30. The summed E-state index contributed by atoms with van der Waals surface area (Å²) < 4.78 is 0. The zero-order valence-corrected chi connectivity index (χ0v) is 16.4. The zero-order chi connectivity index (χ0) is 18.1. The highest BCUT2D eigenvalue weighted by Crippen LogP contribution is 2.32. The second-order valence-electron chi connectivity index (χ2n) is 7.06. The summed E-state index contributed by atoms with van der Waals surface area (Å²) in [6.07, 6.45) is 6.41. The number of fused-ring (bicyclic) bond motifs is 1. The van der Waals surface area contributed by atoms with E-state index in [9.17, 15) is 4.79 Å². The van der Waals surface area contributed by atoms with Crippen LogP contribution >= 0.6 is 22.9 Å². The van der Waals surface area contributed by atoms with Crippen molar-refractivity contribution in [2.24, 2.45) is 0 Å². The molecule has 0 amide bonds. The Kier molecular flexibility index (Phi) is 5.11. The Morgan fingerprint density at radius 1 is 1.31 bits per heavy atom. The highest BCUT2D eigenvalue weighted by atomic mass is 35.5. The molecular formula is C20H22ClN3OS. The van der Waals surface area contributed by atoms with Crippen LogP contribution in [-0.2, 0) is 6.54 Å². The number of benzene rings is 1. The van der Waals surface area contributed by atoms with Crippen molar-refractivity contribution in [3.05, 3.63) is 50.8 Å². The van der Waals surface area contributed by atoms with Crippen LogP contribution in [0.15, 0.2) is 34.4 Å². The first kappa shape index (κ1) is 17.7. The molecule has 136 valence electrons. The van der Waals surface area contributed by atoms with Crippen molar-refractivity contribution < 1.29 is 0 Å². The van der Waals surface area contributed by atoms with E-state index in [1.54, 1.807) is 0 Å². The Balaban J connectivity index is 1.64. The molecule has 0 bridgehead atoms. The van der Waals surface area contributed by atoms with E-state index in [2.05, 4.69) is 16.9 Å². The highest BCUT2D eigenvalue weighted by molar-refractivity contribution is 7.17. The topological polar surface area (TPSA) is 49.0 Å². The lowest BCUT2D eigenvalue weighted by atomic mass is 9.94. The summed E-state index contributed by atoms with van der Waals surface area (Å²) in [4.78, 5) is 23.6. The fourth-order valence-corrected chi connectivity index (χ4v) is 4.98. The third kappa shape index (κ3) is 3.56. The molecule has 3 aromatic rings. The van der Waals surface area contributed by atoms with Crippen molar-refractivity contribution in [1.29, 1.82) is 0 Å². The molecule has 4 nitrogen and oxygen atoms in total. The average molecular weight is 388 g/mol. The molecule has 1 N–H and O–H groups in total. The van der Waals surface area contributed by atoms with Crippen LogP contribution in [0.2, 0.25) is 5.02 Å². The van der Waals surface area contributed by atoms with Gasteiger partial charge in [-0.1, -0.05) is 43.0 Å². The molecule has 0 unspecified atom stereocenters. The number of hydrogen-bond donors (Lipinski definition) is 1. The number of aromatic nitrogens is 2. The van der Waals surface area contributed by atoms with Crippen LogP contribution in [0.5, 0.6) is 0 Å². The molecule has 0 aliphatic heterocycles. The predicted molar refractivity (Wildman–Crippen MR) is 109 cm³/mol. The average Bonchev–Trinajstić information content (AvgIpc) is 3.07. The maximum atomic E-state index is 12.8. The van der Waals surface area contributed by atoms with Crippen molar-refractivity contribution in [1.82, 2.24) is 14.9 Å². The first-order valence-corrected chi connectivity index (χ1v) is 10.3. The summed E-state index contributed by atoms with van der Waals surface area (Å²) in [5.74, 6) is 0.745. The van der Waals surface area contributed by atoms with Gasteiger partial charge in [0, 0.05) is 22.0 Å². The molecule has 1 aliphatic carbocycles. The fourth-order valence-electron chi connectivity index (χ4n) is 3.82. The molecule has 6 heteroatoms. The first-order valence-electron chi connectivity index (χ1n) is 9.08. The molecule has 1 fully saturated rings. The molecular weight excluding hydrogens is 366 g/mol. The van der Waals surface area contributed by atoms with Gasteiger partial charge in [0.05, 0.1) is 11.9 Å². The Hall–Kier alpha value is -1.69. The minimum Gasteiger partial charge on any atom is -0.309 e. The summed E-state index contributed by atoms with van der Waals surface area (Å²) in [5, 5.41) is 3.31. The molecule has 2 heterocycles.